The maximum absolute atomic E-state index is 12.7. The summed E-state index contributed by atoms with van der Waals surface area (Å²) in [5, 5.41) is 0. The van der Waals surface area contributed by atoms with Crippen molar-refractivity contribution in [1.29, 1.82) is 0 Å². The molecule has 8 nitrogen and oxygen atoms in total. The molecule has 0 aliphatic carbocycles. The van der Waals surface area contributed by atoms with Crippen LogP contribution in [-0.2, 0) is 26.1 Å². The van der Waals surface area contributed by atoms with Gasteiger partial charge in [0.05, 0.1) is 25.7 Å². The number of thiophene rings is 1. The number of rotatable bonds is 6. The van der Waals surface area contributed by atoms with Crippen LogP contribution >= 0.6 is 34.3 Å². The molecule has 0 spiro atoms. The van der Waals surface area contributed by atoms with Crippen molar-refractivity contribution in [3.63, 3.8) is 0 Å². The van der Waals surface area contributed by atoms with Gasteiger partial charge in [-0.25, -0.2) is 0 Å². The highest BCUT2D eigenvalue weighted by Crippen LogP contribution is 2.35. The van der Waals surface area contributed by atoms with E-state index in [2.05, 4.69) is 4.40 Å². The molecule has 2 aromatic heterocycles. The van der Waals surface area contributed by atoms with Gasteiger partial charge in [0.1, 0.15) is 32.5 Å². The van der Waals surface area contributed by atoms with E-state index < -0.39 is 16.0 Å². The summed E-state index contributed by atoms with van der Waals surface area (Å²) < 4.78 is 47.2. The number of fused-ring (bicyclic) bond motifs is 1. The van der Waals surface area contributed by atoms with E-state index in [0.717, 1.165) is 22.7 Å². The average Bonchev–Trinajstić information content (AvgIpc) is 3.25. The molecule has 2 heterocycles. The number of thiazole rings is 1. The molecule has 0 N–H and O–H groups in total. The third-order valence-electron chi connectivity index (χ3n) is 3.71. The van der Waals surface area contributed by atoms with E-state index in [-0.39, 0.29) is 15.6 Å². The van der Waals surface area contributed by atoms with Crippen molar-refractivity contribution in [2.24, 2.45) is 4.40 Å². The van der Waals surface area contributed by atoms with Crippen LogP contribution in [0.1, 0.15) is 0 Å². The van der Waals surface area contributed by atoms with Crippen LogP contribution in [-0.4, -0.2) is 40.3 Å². The Hall–Kier alpha value is -2.08. The predicted octanol–water partition coefficient (Wildman–Crippen LogP) is 2.90. The van der Waals surface area contributed by atoms with Crippen LogP contribution in [0, 0.1) is 0 Å². The summed E-state index contributed by atoms with van der Waals surface area (Å²) in [5.41, 5.74) is 0.482. The minimum atomic E-state index is -4.03. The zero-order valence-corrected chi connectivity index (χ0v) is 18.2. The maximum Gasteiger partial charge on any atom is 0.325 e. The molecule has 28 heavy (non-hydrogen) atoms. The number of hydrogen-bond donors (Lipinski definition) is 0. The lowest BCUT2D eigenvalue weighted by molar-refractivity contribution is -0.141. The van der Waals surface area contributed by atoms with Crippen molar-refractivity contribution in [1.82, 2.24) is 4.57 Å². The minimum absolute atomic E-state index is 0.00139. The fourth-order valence-corrected chi connectivity index (χ4v) is 6.25. The van der Waals surface area contributed by atoms with E-state index in [1.54, 1.807) is 12.1 Å². The lowest BCUT2D eigenvalue weighted by Crippen LogP contribution is -2.22. The van der Waals surface area contributed by atoms with Crippen LogP contribution in [0.25, 0.3) is 10.2 Å². The molecule has 0 bridgehead atoms. The second-order valence-corrected chi connectivity index (χ2v) is 9.84. The van der Waals surface area contributed by atoms with Crippen molar-refractivity contribution in [2.45, 2.75) is 10.8 Å². The Labute approximate surface area is 173 Å². The Balaban J connectivity index is 2.35. The average molecular weight is 463 g/mol. The van der Waals surface area contributed by atoms with Crippen molar-refractivity contribution in [3.05, 3.63) is 33.4 Å². The highest BCUT2D eigenvalue weighted by atomic mass is 35.5. The number of benzene rings is 1. The first-order valence-electron chi connectivity index (χ1n) is 7.68. The quantitative estimate of drug-likeness (QED) is 0.522. The Morgan fingerprint density at radius 1 is 1.11 bits per heavy atom. The minimum Gasteiger partial charge on any atom is -0.495 e. The van der Waals surface area contributed by atoms with Gasteiger partial charge >= 0.3 is 5.97 Å². The zero-order chi connectivity index (χ0) is 20.5. The van der Waals surface area contributed by atoms with Crippen molar-refractivity contribution < 1.29 is 27.4 Å². The largest absolute Gasteiger partial charge is 0.495 e. The highest BCUT2D eigenvalue weighted by molar-refractivity contribution is 7.92. The maximum atomic E-state index is 12.7. The summed E-state index contributed by atoms with van der Waals surface area (Å²) in [6, 6.07) is 6.22. The second-order valence-electron chi connectivity index (χ2n) is 5.32. The summed E-state index contributed by atoms with van der Waals surface area (Å²) in [5.74, 6) is 0.369. The number of ether oxygens (including phenoxy) is 3. The van der Waals surface area contributed by atoms with Crippen LogP contribution in [0.15, 0.2) is 32.9 Å². The van der Waals surface area contributed by atoms with Gasteiger partial charge in [-0.1, -0.05) is 22.9 Å². The molecule has 12 heteroatoms. The number of halogens is 1. The molecule has 0 fully saturated rings. The van der Waals surface area contributed by atoms with E-state index in [9.17, 15) is 13.2 Å². The van der Waals surface area contributed by atoms with E-state index in [1.165, 1.54) is 38.0 Å². The normalized spacial score (nSPS) is 12.4. The predicted molar refractivity (Wildman–Crippen MR) is 107 cm³/mol. The van der Waals surface area contributed by atoms with Crippen LogP contribution in [0.4, 0.5) is 0 Å². The number of methoxy groups -OCH3 is 3. The first kappa shape index (κ1) is 20.6. The first-order chi connectivity index (χ1) is 13.3. The first-order valence-corrected chi connectivity index (χ1v) is 11.1. The van der Waals surface area contributed by atoms with Gasteiger partial charge in [0.15, 0.2) is 0 Å². The molecule has 0 saturated carbocycles. The summed E-state index contributed by atoms with van der Waals surface area (Å²) in [4.78, 5) is 12.0. The van der Waals surface area contributed by atoms with Gasteiger partial charge < -0.3 is 18.8 Å². The SMILES string of the molecule is COC(=O)Cn1c(=NS(=O)(=O)c2ccc(Cl)s2)sc2c(OC)ccc(OC)c21. The number of esters is 1. The summed E-state index contributed by atoms with van der Waals surface area (Å²) in [7, 11) is 0.185. The molecular weight excluding hydrogens is 448 g/mol. The monoisotopic (exact) mass is 462 g/mol. The lowest BCUT2D eigenvalue weighted by Gasteiger charge is -2.09. The molecule has 0 saturated heterocycles. The zero-order valence-electron chi connectivity index (χ0n) is 15.0. The summed E-state index contributed by atoms with van der Waals surface area (Å²) in [6.07, 6.45) is 0. The molecule has 0 unspecified atom stereocenters. The van der Waals surface area contributed by atoms with Crippen LogP contribution in [0.3, 0.4) is 0 Å². The van der Waals surface area contributed by atoms with Gasteiger partial charge in [0, 0.05) is 0 Å². The number of aromatic nitrogens is 1. The Bertz CT molecular complexity index is 1210. The van der Waals surface area contributed by atoms with Gasteiger partial charge in [-0.05, 0) is 24.3 Å². The Morgan fingerprint density at radius 2 is 1.79 bits per heavy atom. The molecule has 3 rings (SSSR count). The molecule has 0 aliphatic heterocycles. The number of hydrogen-bond acceptors (Lipinski definition) is 8. The molecule has 0 atom stereocenters. The number of carbonyl (C=O) groups is 1. The number of sulfonamides is 1. The fourth-order valence-electron chi connectivity index (χ4n) is 2.45. The molecule has 0 amide bonds. The van der Waals surface area contributed by atoms with Gasteiger partial charge in [0.25, 0.3) is 10.0 Å². The highest BCUT2D eigenvalue weighted by Gasteiger charge is 2.21. The van der Waals surface area contributed by atoms with E-state index in [1.807, 2.05) is 0 Å². The van der Waals surface area contributed by atoms with Crippen LogP contribution < -0.4 is 14.3 Å². The lowest BCUT2D eigenvalue weighted by atomic mass is 10.3. The topological polar surface area (TPSA) is 96.2 Å². The van der Waals surface area contributed by atoms with E-state index >= 15 is 0 Å². The van der Waals surface area contributed by atoms with Crippen molar-refractivity contribution in [2.75, 3.05) is 21.3 Å². The fraction of sp³-hybridized carbons (Fsp3) is 0.250. The van der Waals surface area contributed by atoms with Crippen molar-refractivity contribution >= 4 is 60.5 Å². The van der Waals surface area contributed by atoms with Gasteiger partial charge in [-0.3, -0.25) is 4.79 Å². The van der Waals surface area contributed by atoms with Crippen molar-refractivity contribution in [3.8, 4) is 11.5 Å². The third kappa shape index (κ3) is 3.88. The smallest absolute Gasteiger partial charge is 0.325 e. The molecular formula is C16H15ClN2O6S3. The summed E-state index contributed by atoms with van der Waals surface area (Å²) >= 11 is 7.81. The van der Waals surface area contributed by atoms with E-state index in [4.69, 9.17) is 25.8 Å². The van der Waals surface area contributed by atoms with Crippen LogP contribution in [0.5, 0.6) is 11.5 Å². The Kier molecular flexibility index (Phi) is 5.98. The molecule has 150 valence electrons. The van der Waals surface area contributed by atoms with Gasteiger partial charge in [-0.15, -0.1) is 15.7 Å². The molecule has 0 aliphatic rings. The third-order valence-corrected chi connectivity index (χ3v) is 7.88. The van der Waals surface area contributed by atoms with Crippen LogP contribution in [0.2, 0.25) is 4.34 Å². The summed E-state index contributed by atoms with van der Waals surface area (Å²) in [6.45, 7) is -0.250. The molecule has 1 aromatic carbocycles. The van der Waals surface area contributed by atoms with Gasteiger partial charge in [-0.2, -0.15) is 8.42 Å². The molecule has 3 aromatic rings. The number of nitrogens with zero attached hydrogens (tertiary/aromatic N) is 2. The number of carbonyl (C=O) groups excluding carboxylic acids is 1. The Morgan fingerprint density at radius 3 is 2.36 bits per heavy atom. The molecule has 0 radical (unpaired) electrons. The van der Waals surface area contributed by atoms with Gasteiger partial charge in [0.2, 0.25) is 4.80 Å². The second kappa shape index (κ2) is 8.11. The standard InChI is InChI=1S/C16H15ClN2O6S3/c1-23-9-4-5-10(24-2)15-14(9)19(8-12(20)25-3)16(27-15)18-28(21,22)13-7-6-11(17)26-13/h4-7H,8H2,1-3H3. The van der Waals surface area contributed by atoms with E-state index in [0.29, 0.717) is 26.1 Å².